The number of amides is 2. The van der Waals surface area contributed by atoms with E-state index in [1.807, 2.05) is 0 Å². The molecular formula is C18H16ClF3N2O3. The zero-order valence-corrected chi connectivity index (χ0v) is 14.7. The third kappa shape index (κ3) is 6.82. The number of hydrogen-bond donors (Lipinski definition) is 2. The Hall–Kier alpha value is -2.74. The molecule has 0 unspecified atom stereocenters. The second-order valence-electron chi connectivity index (χ2n) is 5.45. The van der Waals surface area contributed by atoms with Gasteiger partial charge in [0.05, 0.1) is 12.1 Å². The van der Waals surface area contributed by atoms with Crippen molar-refractivity contribution in [3.8, 4) is 5.75 Å². The van der Waals surface area contributed by atoms with Crippen LogP contribution in [0, 0.1) is 0 Å². The van der Waals surface area contributed by atoms with Crippen LogP contribution in [0.5, 0.6) is 5.75 Å². The van der Waals surface area contributed by atoms with Crippen LogP contribution >= 0.6 is 11.6 Å². The van der Waals surface area contributed by atoms with E-state index in [0.29, 0.717) is 5.02 Å². The summed E-state index contributed by atoms with van der Waals surface area (Å²) in [5, 5.41) is 4.45. The fourth-order valence-corrected chi connectivity index (χ4v) is 2.26. The molecular weight excluding hydrogens is 385 g/mol. The molecule has 2 rings (SSSR count). The summed E-state index contributed by atoms with van der Waals surface area (Å²) in [6.45, 7) is -1.93. The van der Waals surface area contributed by atoms with Crippen LogP contribution in [0.1, 0.15) is 15.9 Å². The van der Waals surface area contributed by atoms with Gasteiger partial charge in [-0.15, -0.1) is 0 Å². The number of carbonyl (C=O) groups excluding carboxylic acids is 2. The zero-order valence-electron chi connectivity index (χ0n) is 14.0. The maximum atomic E-state index is 12.2. The minimum atomic E-state index is -4.52. The molecule has 2 N–H and O–H groups in total. The lowest BCUT2D eigenvalue weighted by Crippen LogP contribution is -2.40. The Morgan fingerprint density at radius 2 is 1.67 bits per heavy atom. The van der Waals surface area contributed by atoms with E-state index in [0.717, 1.165) is 5.56 Å². The molecule has 0 aliphatic carbocycles. The lowest BCUT2D eigenvalue weighted by Gasteiger charge is -2.13. The van der Waals surface area contributed by atoms with Crippen molar-refractivity contribution >= 4 is 23.4 Å². The smallest absolute Gasteiger partial charge is 0.405 e. The Bertz CT molecular complexity index is 812. The monoisotopic (exact) mass is 400 g/mol. The van der Waals surface area contributed by atoms with Gasteiger partial charge in [-0.1, -0.05) is 41.9 Å². The fourth-order valence-electron chi connectivity index (χ4n) is 2.07. The predicted octanol–water partition coefficient (Wildman–Crippen LogP) is 3.33. The molecule has 2 aromatic rings. The van der Waals surface area contributed by atoms with Gasteiger partial charge in [0.1, 0.15) is 18.9 Å². The summed E-state index contributed by atoms with van der Waals surface area (Å²) in [6.07, 6.45) is -4.52. The molecule has 0 fully saturated rings. The van der Waals surface area contributed by atoms with E-state index in [1.54, 1.807) is 47.8 Å². The highest BCUT2D eigenvalue weighted by molar-refractivity contribution is 6.31. The summed E-state index contributed by atoms with van der Waals surface area (Å²) in [6, 6.07) is 13.4. The zero-order chi connectivity index (χ0) is 19.9. The van der Waals surface area contributed by atoms with Gasteiger partial charge in [0.25, 0.3) is 5.91 Å². The molecule has 0 aromatic heterocycles. The molecule has 0 aliphatic rings. The summed E-state index contributed by atoms with van der Waals surface area (Å²) in [5.41, 5.74) is 0.870. The van der Waals surface area contributed by atoms with Crippen LogP contribution in [0.4, 0.5) is 13.2 Å². The molecule has 0 aliphatic heterocycles. The molecule has 5 nitrogen and oxygen atoms in total. The maximum Gasteiger partial charge on any atom is 0.405 e. The Morgan fingerprint density at radius 3 is 2.37 bits per heavy atom. The SMILES string of the molecule is O=C(CNC(=O)c1ccccc1OCc1ccccc1Cl)NCC(F)(F)F. The van der Waals surface area contributed by atoms with E-state index in [-0.39, 0.29) is 17.9 Å². The Balaban J connectivity index is 1.95. The number of alkyl halides is 3. The fraction of sp³-hybridized carbons (Fsp3) is 0.222. The van der Waals surface area contributed by atoms with E-state index in [2.05, 4.69) is 5.32 Å². The molecule has 0 spiro atoms. The average molecular weight is 401 g/mol. The quantitative estimate of drug-likeness (QED) is 0.749. The number of hydrogen-bond acceptors (Lipinski definition) is 3. The minimum Gasteiger partial charge on any atom is -0.488 e. The number of nitrogens with one attached hydrogen (secondary N) is 2. The highest BCUT2D eigenvalue weighted by atomic mass is 35.5. The first-order chi connectivity index (χ1) is 12.8. The third-order valence-corrected chi connectivity index (χ3v) is 3.74. The van der Waals surface area contributed by atoms with Gasteiger partial charge in [0, 0.05) is 10.6 Å². The predicted molar refractivity (Wildman–Crippen MR) is 93.6 cm³/mol. The standard InChI is InChI=1S/C18H16ClF3N2O3/c19-14-7-3-1-5-12(14)10-27-15-8-4-2-6-13(15)17(26)23-9-16(25)24-11-18(20,21)22/h1-8H,9-11H2,(H,23,26)(H,24,25). The largest absolute Gasteiger partial charge is 0.488 e. The van der Waals surface area contributed by atoms with Crippen LogP contribution in [0.15, 0.2) is 48.5 Å². The normalized spacial score (nSPS) is 11.0. The van der Waals surface area contributed by atoms with Crippen LogP contribution in [0.25, 0.3) is 0 Å². The molecule has 9 heteroatoms. The molecule has 144 valence electrons. The van der Waals surface area contributed by atoms with Crippen molar-refractivity contribution in [2.75, 3.05) is 13.1 Å². The van der Waals surface area contributed by atoms with Gasteiger partial charge in [0.2, 0.25) is 5.91 Å². The summed E-state index contributed by atoms with van der Waals surface area (Å²) in [5.74, 6) is -1.34. The molecule has 0 saturated carbocycles. The van der Waals surface area contributed by atoms with Crippen LogP contribution in [0.2, 0.25) is 5.02 Å². The second kappa shape index (κ2) is 9.27. The Labute approximate surface area is 158 Å². The van der Waals surface area contributed by atoms with E-state index < -0.39 is 31.1 Å². The van der Waals surface area contributed by atoms with Gasteiger partial charge >= 0.3 is 6.18 Å². The first kappa shape index (κ1) is 20.6. The molecule has 2 amide bonds. The molecule has 0 saturated heterocycles. The maximum absolute atomic E-state index is 12.2. The minimum absolute atomic E-state index is 0.121. The number of rotatable bonds is 7. The molecule has 0 bridgehead atoms. The van der Waals surface area contributed by atoms with Crippen molar-refractivity contribution in [1.82, 2.24) is 10.6 Å². The van der Waals surface area contributed by atoms with E-state index in [1.165, 1.54) is 6.07 Å². The van der Waals surface area contributed by atoms with Gasteiger partial charge in [-0.25, -0.2) is 0 Å². The number of ether oxygens (including phenoxy) is 1. The van der Waals surface area contributed by atoms with Crippen LogP contribution in [0.3, 0.4) is 0 Å². The topological polar surface area (TPSA) is 67.4 Å². The lowest BCUT2D eigenvalue weighted by atomic mass is 10.2. The van der Waals surface area contributed by atoms with Gasteiger partial charge in [-0.2, -0.15) is 13.2 Å². The van der Waals surface area contributed by atoms with Gasteiger partial charge in [-0.05, 0) is 18.2 Å². The van der Waals surface area contributed by atoms with Crippen molar-refractivity contribution in [1.29, 1.82) is 0 Å². The van der Waals surface area contributed by atoms with Crippen LogP contribution in [-0.4, -0.2) is 31.1 Å². The first-order valence-corrected chi connectivity index (χ1v) is 8.21. The molecule has 2 aromatic carbocycles. The van der Waals surface area contributed by atoms with Crippen molar-refractivity contribution in [2.45, 2.75) is 12.8 Å². The summed E-state index contributed by atoms with van der Waals surface area (Å²) >= 11 is 6.06. The van der Waals surface area contributed by atoms with Crippen molar-refractivity contribution in [3.63, 3.8) is 0 Å². The van der Waals surface area contributed by atoms with Crippen molar-refractivity contribution in [2.24, 2.45) is 0 Å². The Kier molecular flexibility index (Phi) is 7.06. The van der Waals surface area contributed by atoms with Crippen molar-refractivity contribution in [3.05, 3.63) is 64.7 Å². The second-order valence-corrected chi connectivity index (χ2v) is 5.86. The number of carbonyl (C=O) groups is 2. The van der Waals surface area contributed by atoms with E-state index in [9.17, 15) is 22.8 Å². The van der Waals surface area contributed by atoms with Gasteiger partial charge in [-0.3, -0.25) is 9.59 Å². The summed E-state index contributed by atoms with van der Waals surface area (Å²) in [7, 11) is 0. The van der Waals surface area contributed by atoms with E-state index >= 15 is 0 Å². The summed E-state index contributed by atoms with van der Waals surface area (Å²) < 4.78 is 41.8. The van der Waals surface area contributed by atoms with Crippen molar-refractivity contribution < 1.29 is 27.5 Å². The lowest BCUT2D eigenvalue weighted by molar-refractivity contribution is -0.137. The Morgan fingerprint density at radius 1 is 1.00 bits per heavy atom. The number of para-hydroxylation sites is 1. The summed E-state index contributed by atoms with van der Waals surface area (Å²) in [4.78, 5) is 23.6. The third-order valence-electron chi connectivity index (χ3n) is 3.37. The van der Waals surface area contributed by atoms with Crippen LogP contribution < -0.4 is 15.4 Å². The van der Waals surface area contributed by atoms with Gasteiger partial charge in [0.15, 0.2) is 0 Å². The highest BCUT2D eigenvalue weighted by Crippen LogP contribution is 2.22. The highest BCUT2D eigenvalue weighted by Gasteiger charge is 2.27. The molecule has 0 radical (unpaired) electrons. The van der Waals surface area contributed by atoms with Crippen LogP contribution in [-0.2, 0) is 11.4 Å². The molecule has 0 atom stereocenters. The molecule has 0 heterocycles. The first-order valence-electron chi connectivity index (χ1n) is 7.83. The number of halogens is 4. The number of benzene rings is 2. The average Bonchev–Trinajstić information content (AvgIpc) is 2.63. The van der Waals surface area contributed by atoms with E-state index in [4.69, 9.17) is 16.3 Å². The van der Waals surface area contributed by atoms with Gasteiger partial charge < -0.3 is 15.4 Å². The molecule has 27 heavy (non-hydrogen) atoms.